The molecule has 148 valence electrons. The second-order valence-corrected chi connectivity index (χ2v) is 8.05. The smallest absolute Gasteiger partial charge is 0.434 e. The van der Waals surface area contributed by atoms with Crippen molar-refractivity contribution >= 4 is 17.7 Å². The van der Waals surface area contributed by atoms with Crippen molar-refractivity contribution in [3.8, 4) is 6.07 Å². The van der Waals surface area contributed by atoms with Gasteiger partial charge >= 0.3 is 12.1 Å². The summed E-state index contributed by atoms with van der Waals surface area (Å²) in [4.78, 5) is 22.2. The number of piperidine rings is 1. The molecule has 1 aromatic heterocycles. The highest BCUT2D eigenvalue weighted by Crippen LogP contribution is 2.87. The van der Waals surface area contributed by atoms with Crippen LogP contribution in [0.3, 0.4) is 0 Å². The van der Waals surface area contributed by atoms with Crippen LogP contribution in [0.15, 0.2) is 0 Å². The van der Waals surface area contributed by atoms with Gasteiger partial charge in [0, 0.05) is 24.5 Å². The molecule has 3 aliphatic heterocycles. The van der Waals surface area contributed by atoms with Crippen molar-refractivity contribution in [2.24, 2.45) is 17.3 Å². The molecule has 2 N–H and O–H groups in total. The van der Waals surface area contributed by atoms with Crippen LogP contribution in [-0.4, -0.2) is 57.4 Å². The summed E-state index contributed by atoms with van der Waals surface area (Å²) in [6, 6.07) is 0.946. The van der Waals surface area contributed by atoms with Crippen LogP contribution >= 0.6 is 0 Å². The Morgan fingerprint density at radius 1 is 1.36 bits per heavy atom. The minimum absolute atomic E-state index is 0.00584. The van der Waals surface area contributed by atoms with E-state index in [4.69, 9.17) is 5.11 Å². The maximum Gasteiger partial charge on any atom is 0.434 e. The number of β-amino-alcohol motifs (C(OH)–C–C–N with tert-alkyl or cyclic N) is 1. The highest BCUT2D eigenvalue weighted by molar-refractivity contribution is 5.74. The fourth-order valence-electron chi connectivity index (χ4n) is 5.23. The summed E-state index contributed by atoms with van der Waals surface area (Å²) in [6.45, 7) is 2.15. The molecule has 0 amide bonds. The summed E-state index contributed by atoms with van der Waals surface area (Å²) in [5.74, 6) is -0.861. The number of carboxylic acid groups (broad SMARTS) is 1. The number of aliphatic carboxylic acids is 1. The Balaban J connectivity index is 1.55. The summed E-state index contributed by atoms with van der Waals surface area (Å²) in [6.07, 6.45) is -5.55. The van der Waals surface area contributed by atoms with Crippen LogP contribution in [0.4, 0.5) is 24.9 Å². The molecular formula is C17H16F3N5O3. The predicted octanol–water partition coefficient (Wildman–Crippen LogP) is 0.846. The predicted molar refractivity (Wildman–Crippen MR) is 87.4 cm³/mol. The maximum absolute atomic E-state index is 13.6. The Bertz CT molecular complexity index is 941. The number of halogens is 3. The Labute approximate surface area is 157 Å². The first-order valence-electron chi connectivity index (χ1n) is 8.93. The first-order chi connectivity index (χ1) is 13.1. The summed E-state index contributed by atoms with van der Waals surface area (Å²) < 4.78 is 40.8. The van der Waals surface area contributed by atoms with Gasteiger partial charge in [-0.15, -0.1) is 0 Å². The molecule has 28 heavy (non-hydrogen) atoms. The second-order valence-electron chi connectivity index (χ2n) is 8.05. The quantitative estimate of drug-likeness (QED) is 0.771. The van der Waals surface area contributed by atoms with E-state index in [0.29, 0.717) is 6.54 Å². The highest BCUT2D eigenvalue weighted by Gasteiger charge is 2.92. The molecule has 1 unspecified atom stereocenters. The number of carboxylic acids is 1. The van der Waals surface area contributed by atoms with Gasteiger partial charge in [0.05, 0.1) is 18.6 Å². The number of aromatic nitrogens is 2. The van der Waals surface area contributed by atoms with Crippen LogP contribution in [0.1, 0.15) is 24.6 Å². The second kappa shape index (κ2) is 5.05. The van der Waals surface area contributed by atoms with Gasteiger partial charge in [-0.3, -0.25) is 4.79 Å². The lowest BCUT2D eigenvalue weighted by Crippen LogP contribution is -2.59. The van der Waals surface area contributed by atoms with Gasteiger partial charge < -0.3 is 20.0 Å². The average molecular weight is 395 g/mol. The Morgan fingerprint density at radius 3 is 2.57 bits per heavy atom. The number of nitriles is 1. The zero-order valence-electron chi connectivity index (χ0n) is 14.7. The first-order valence-corrected chi connectivity index (χ1v) is 8.93. The van der Waals surface area contributed by atoms with E-state index in [-0.39, 0.29) is 48.0 Å². The number of carbonyl (C=O) groups is 1. The first kappa shape index (κ1) is 17.5. The molecule has 11 heteroatoms. The fourth-order valence-corrected chi connectivity index (χ4v) is 5.23. The Morgan fingerprint density at radius 2 is 2.07 bits per heavy atom. The maximum atomic E-state index is 13.6. The number of alkyl halides is 3. The molecule has 6 rings (SSSR count). The fraction of sp³-hybridized carbons (Fsp3) is 0.647. The number of hydrogen-bond acceptors (Lipinski definition) is 7. The normalized spacial score (nSPS) is 37.2. The molecule has 0 aromatic carbocycles. The highest BCUT2D eigenvalue weighted by atomic mass is 19.4. The molecule has 0 radical (unpaired) electrons. The van der Waals surface area contributed by atoms with Gasteiger partial charge in [0.1, 0.15) is 11.6 Å². The molecular weight excluding hydrogens is 379 g/mol. The number of fused-ring (bicyclic) bond motifs is 1. The van der Waals surface area contributed by atoms with Crippen LogP contribution in [0, 0.1) is 28.6 Å². The number of aliphatic hydroxyl groups is 1. The minimum Gasteiger partial charge on any atom is -0.481 e. The van der Waals surface area contributed by atoms with Crippen LogP contribution < -0.4 is 9.80 Å². The molecule has 8 nitrogen and oxygen atoms in total. The molecule has 2 aliphatic carbocycles. The third-order valence-electron chi connectivity index (χ3n) is 6.82. The summed E-state index contributed by atoms with van der Waals surface area (Å²) in [5.41, 5.74) is -2.31. The van der Waals surface area contributed by atoms with E-state index in [2.05, 4.69) is 9.97 Å². The zero-order valence-corrected chi connectivity index (χ0v) is 14.7. The van der Waals surface area contributed by atoms with Crippen molar-refractivity contribution in [2.75, 3.05) is 22.9 Å². The molecule has 2 bridgehead atoms. The van der Waals surface area contributed by atoms with Crippen molar-refractivity contribution in [2.45, 2.75) is 37.7 Å². The largest absolute Gasteiger partial charge is 0.481 e. The van der Waals surface area contributed by atoms with Crippen molar-refractivity contribution in [1.82, 2.24) is 9.97 Å². The zero-order chi connectivity index (χ0) is 20.2. The number of anilines is 2. The lowest BCUT2D eigenvalue weighted by molar-refractivity contribution is -0.141. The lowest BCUT2D eigenvalue weighted by atomic mass is 10.00. The average Bonchev–Trinajstić information content (AvgIpc) is 3.28. The molecule has 3 saturated heterocycles. The van der Waals surface area contributed by atoms with Gasteiger partial charge in [0.15, 0.2) is 11.5 Å². The van der Waals surface area contributed by atoms with Gasteiger partial charge in [-0.1, -0.05) is 0 Å². The van der Waals surface area contributed by atoms with Crippen molar-refractivity contribution < 1.29 is 28.2 Å². The molecule has 5 aliphatic rings. The minimum atomic E-state index is -4.83. The third-order valence-corrected chi connectivity index (χ3v) is 6.82. The van der Waals surface area contributed by atoms with E-state index >= 15 is 0 Å². The Kier molecular flexibility index (Phi) is 3.16. The monoisotopic (exact) mass is 395 g/mol. The van der Waals surface area contributed by atoms with Crippen LogP contribution in [0.25, 0.3) is 0 Å². The van der Waals surface area contributed by atoms with Crippen LogP contribution in [-0.2, 0) is 11.0 Å². The lowest BCUT2D eigenvalue weighted by Gasteiger charge is -2.44. The van der Waals surface area contributed by atoms with E-state index in [9.17, 15) is 28.3 Å². The number of rotatable bonds is 4. The molecule has 5 fully saturated rings. The van der Waals surface area contributed by atoms with Crippen molar-refractivity contribution in [3.05, 3.63) is 11.3 Å². The van der Waals surface area contributed by atoms with Crippen molar-refractivity contribution in [1.29, 1.82) is 5.26 Å². The summed E-state index contributed by atoms with van der Waals surface area (Å²) in [7, 11) is 0. The summed E-state index contributed by atoms with van der Waals surface area (Å²) in [5, 5.41) is 28.2. The van der Waals surface area contributed by atoms with E-state index in [1.54, 1.807) is 17.9 Å². The van der Waals surface area contributed by atoms with Gasteiger partial charge in [0.25, 0.3) is 0 Å². The van der Waals surface area contributed by atoms with E-state index in [1.165, 1.54) is 4.90 Å². The van der Waals surface area contributed by atoms with E-state index in [0.717, 1.165) is 0 Å². The van der Waals surface area contributed by atoms with Gasteiger partial charge in [-0.25, -0.2) is 4.98 Å². The topological polar surface area (TPSA) is 114 Å². The van der Waals surface area contributed by atoms with Crippen LogP contribution in [0.5, 0.6) is 0 Å². The van der Waals surface area contributed by atoms with Gasteiger partial charge in [-0.2, -0.15) is 23.4 Å². The van der Waals surface area contributed by atoms with Gasteiger partial charge in [-0.05, 0) is 18.8 Å². The van der Waals surface area contributed by atoms with E-state index < -0.39 is 35.5 Å². The Hall–Kier alpha value is -2.61. The van der Waals surface area contributed by atoms with Crippen LogP contribution in [0.2, 0.25) is 0 Å². The molecule has 0 spiro atoms. The molecule has 4 heterocycles. The molecule has 1 aromatic rings. The van der Waals surface area contributed by atoms with E-state index in [1.807, 2.05) is 0 Å². The standard InChI is InChI=1S/C17H16F3N5O3/c1-6-9(26)5-24(6)14-7(3-21)12(17(18,19)20)22-15(23-14)25-4-8-11-13(25)16(8,11)2-10(27)28/h6,8-9,11,13,26H,2,4-5H2,1H3,(H,27,28)/t6-,8-,9+,11-,13?,16+/m0/s1. The SMILES string of the molecule is C[C@H]1[C@H](O)CN1c1nc(N2C[C@H]3[C@H]4C2[C@@]43CC(=O)O)nc(C(F)(F)F)c1C#N. The van der Waals surface area contributed by atoms with Crippen molar-refractivity contribution in [3.63, 3.8) is 0 Å². The molecule has 6 atom stereocenters. The summed E-state index contributed by atoms with van der Waals surface area (Å²) >= 11 is 0. The number of hydrogen-bond donors (Lipinski definition) is 2. The molecule has 2 saturated carbocycles. The number of nitrogens with zero attached hydrogens (tertiary/aromatic N) is 5. The number of aliphatic hydroxyl groups excluding tert-OH is 1. The third kappa shape index (κ3) is 2.01. The van der Waals surface area contributed by atoms with Gasteiger partial charge in [0.2, 0.25) is 5.95 Å².